The summed E-state index contributed by atoms with van der Waals surface area (Å²) in [4.78, 5) is 5.26. The summed E-state index contributed by atoms with van der Waals surface area (Å²) in [6.45, 7) is 19.6. The number of ether oxygens (including phenoxy) is 1. The van der Waals surface area contributed by atoms with E-state index in [4.69, 9.17) is 4.74 Å². The summed E-state index contributed by atoms with van der Waals surface area (Å²) >= 11 is 0. The van der Waals surface area contributed by atoms with Crippen molar-refractivity contribution in [3.8, 4) is 0 Å². The van der Waals surface area contributed by atoms with Gasteiger partial charge in [0.1, 0.15) is 0 Å². The molecule has 0 aromatic rings. The van der Waals surface area contributed by atoms with E-state index in [1.54, 1.807) is 0 Å². The Hall–Kier alpha value is -0.120. The first-order valence-electron chi connectivity index (χ1n) is 8.29. The van der Waals surface area contributed by atoms with Crippen molar-refractivity contribution >= 4 is 0 Å². The topological polar surface area (TPSA) is 15.7 Å². The molecule has 0 atom stereocenters. The van der Waals surface area contributed by atoms with E-state index in [2.05, 4.69) is 51.3 Å². The average molecular weight is 282 g/mol. The molecule has 0 N–H and O–H groups in total. The number of piperazine rings is 1. The summed E-state index contributed by atoms with van der Waals surface area (Å²) in [7, 11) is 0. The molecular weight excluding hydrogens is 248 g/mol. The Morgan fingerprint density at radius 1 is 0.900 bits per heavy atom. The van der Waals surface area contributed by atoms with Gasteiger partial charge in [-0.05, 0) is 60.3 Å². The van der Waals surface area contributed by atoms with Crippen LogP contribution in [0.3, 0.4) is 0 Å². The van der Waals surface area contributed by atoms with Crippen LogP contribution in [-0.2, 0) is 4.74 Å². The fraction of sp³-hybridized carbons (Fsp3) is 1.00. The first kappa shape index (κ1) is 16.3. The molecule has 2 fully saturated rings. The van der Waals surface area contributed by atoms with Crippen LogP contribution in [0.15, 0.2) is 0 Å². The van der Waals surface area contributed by atoms with Gasteiger partial charge in [-0.25, -0.2) is 0 Å². The Bertz CT molecular complexity index is 302. The van der Waals surface area contributed by atoms with Crippen LogP contribution in [0.4, 0.5) is 0 Å². The van der Waals surface area contributed by atoms with Crippen molar-refractivity contribution in [2.75, 3.05) is 32.7 Å². The van der Waals surface area contributed by atoms with Crippen LogP contribution in [0.1, 0.15) is 54.4 Å². The minimum atomic E-state index is 0.0218. The summed E-state index contributed by atoms with van der Waals surface area (Å²) in [5, 5.41) is 0. The molecule has 0 amide bonds. The lowest BCUT2D eigenvalue weighted by molar-refractivity contribution is -0.116. The van der Waals surface area contributed by atoms with Gasteiger partial charge in [0.05, 0.1) is 11.7 Å². The third-order valence-electron chi connectivity index (χ3n) is 4.55. The maximum Gasteiger partial charge on any atom is 0.0602 e. The fourth-order valence-electron chi connectivity index (χ4n) is 3.39. The van der Waals surface area contributed by atoms with E-state index in [0.29, 0.717) is 11.6 Å². The minimum absolute atomic E-state index is 0.0218. The molecule has 0 unspecified atom stereocenters. The Kier molecular flexibility index (Phi) is 4.83. The van der Waals surface area contributed by atoms with Gasteiger partial charge in [0.15, 0.2) is 0 Å². The van der Waals surface area contributed by atoms with Gasteiger partial charge in [-0.15, -0.1) is 0 Å². The van der Waals surface area contributed by atoms with E-state index in [9.17, 15) is 0 Å². The molecule has 118 valence electrons. The lowest BCUT2D eigenvalue weighted by Gasteiger charge is -2.45. The predicted octanol–water partition coefficient (Wildman–Crippen LogP) is 3.00. The van der Waals surface area contributed by atoms with Crippen molar-refractivity contribution in [2.24, 2.45) is 5.92 Å². The van der Waals surface area contributed by atoms with Crippen LogP contribution in [0.2, 0.25) is 0 Å². The number of hydrogen-bond acceptors (Lipinski definition) is 3. The molecular formula is C17H34N2O. The van der Waals surface area contributed by atoms with Crippen molar-refractivity contribution in [3.05, 3.63) is 0 Å². The van der Waals surface area contributed by atoms with Gasteiger partial charge in [0, 0.05) is 38.3 Å². The van der Waals surface area contributed by atoms with Crippen molar-refractivity contribution in [2.45, 2.75) is 71.6 Å². The Labute approximate surface area is 125 Å². The molecule has 1 aliphatic heterocycles. The molecule has 1 heterocycles. The maximum atomic E-state index is 6.03. The van der Waals surface area contributed by atoms with E-state index in [1.165, 1.54) is 45.6 Å². The number of hydrogen-bond donors (Lipinski definition) is 0. The summed E-state index contributed by atoms with van der Waals surface area (Å²) in [6, 6.07) is 0. The van der Waals surface area contributed by atoms with Crippen LogP contribution >= 0.6 is 0 Å². The molecule has 2 aliphatic rings. The zero-order valence-electron chi connectivity index (χ0n) is 14.4. The largest absolute Gasteiger partial charge is 0.373 e. The third kappa shape index (κ3) is 4.71. The van der Waals surface area contributed by atoms with E-state index >= 15 is 0 Å². The molecule has 3 heteroatoms. The molecule has 0 radical (unpaired) electrons. The van der Waals surface area contributed by atoms with E-state index < -0.39 is 0 Å². The lowest BCUT2D eigenvalue weighted by atomic mass is 9.81. The van der Waals surface area contributed by atoms with Crippen LogP contribution in [0, 0.1) is 5.92 Å². The predicted molar refractivity (Wildman–Crippen MR) is 85.1 cm³/mol. The smallest absolute Gasteiger partial charge is 0.0602 e. The van der Waals surface area contributed by atoms with E-state index in [1.807, 2.05) is 0 Å². The van der Waals surface area contributed by atoms with Gasteiger partial charge in [-0.2, -0.15) is 0 Å². The second kappa shape index (κ2) is 5.94. The molecule has 2 rings (SSSR count). The Balaban J connectivity index is 1.63. The van der Waals surface area contributed by atoms with Crippen LogP contribution in [0.25, 0.3) is 0 Å². The summed E-state index contributed by atoms with van der Waals surface area (Å²) < 4.78 is 6.03. The Morgan fingerprint density at radius 3 is 1.90 bits per heavy atom. The van der Waals surface area contributed by atoms with Crippen molar-refractivity contribution in [3.63, 3.8) is 0 Å². The van der Waals surface area contributed by atoms with Gasteiger partial charge in [-0.3, -0.25) is 4.90 Å². The normalized spacial score (nSPS) is 30.3. The maximum absolute atomic E-state index is 6.03. The monoisotopic (exact) mass is 282 g/mol. The highest BCUT2D eigenvalue weighted by Crippen LogP contribution is 2.33. The summed E-state index contributed by atoms with van der Waals surface area (Å²) in [5.74, 6) is 0.864. The van der Waals surface area contributed by atoms with Crippen LogP contribution in [0.5, 0.6) is 0 Å². The zero-order chi connectivity index (χ0) is 15.0. The summed E-state index contributed by atoms with van der Waals surface area (Å²) in [6.07, 6.45) is 3.03. The van der Waals surface area contributed by atoms with Gasteiger partial charge < -0.3 is 9.64 Å². The van der Waals surface area contributed by atoms with Gasteiger partial charge in [0.25, 0.3) is 0 Å². The second-order valence-electron chi connectivity index (χ2n) is 8.65. The zero-order valence-corrected chi connectivity index (χ0v) is 14.4. The van der Waals surface area contributed by atoms with Crippen molar-refractivity contribution < 1.29 is 4.74 Å². The highest BCUT2D eigenvalue weighted by molar-refractivity contribution is 4.87. The van der Waals surface area contributed by atoms with Crippen LogP contribution in [-0.4, -0.2) is 59.8 Å². The molecule has 1 aliphatic carbocycles. The van der Waals surface area contributed by atoms with E-state index in [-0.39, 0.29) is 5.60 Å². The first-order chi connectivity index (χ1) is 9.13. The van der Waals surface area contributed by atoms with Crippen molar-refractivity contribution in [1.82, 2.24) is 9.80 Å². The quantitative estimate of drug-likeness (QED) is 0.791. The number of rotatable bonds is 3. The fourth-order valence-corrected chi connectivity index (χ4v) is 3.39. The van der Waals surface area contributed by atoms with Crippen LogP contribution < -0.4 is 0 Å². The molecule has 1 saturated heterocycles. The third-order valence-corrected chi connectivity index (χ3v) is 4.55. The molecule has 20 heavy (non-hydrogen) atoms. The SMILES string of the molecule is CC(C)(C)OC1CC(CN2CCN(C(C)(C)C)CC2)C1. The highest BCUT2D eigenvalue weighted by atomic mass is 16.5. The molecule has 0 spiro atoms. The van der Waals surface area contributed by atoms with Crippen molar-refractivity contribution in [1.29, 1.82) is 0 Å². The summed E-state index contributed by atoms with van der Waals surface area (Å²) in [5.41, 5.74) is 0.349. The minimum Gasteiger partial charge on any atom is -0.373 e. The Morgan fingerprint density at radius 2 is 1.45 bits per heavy atom. The first-order valence-corrected chi connectivity index (χ1v) is 8.29. The molecule has 0 aromatic heterocycles. The molecule has 0 bridgehead atoms. The molecule has 1 saturated carbocycles. The van der Waals surface area contributed by atoms with E-state index in [0.717, 1.165) is 5.92 Å². The van der Waals surface area contributed by atoms with Gasteiger partial charge in [0.2, 0.25) is 0 Å². The standard InChI is InChI=1S/C17H34N2O/c1-16(2,3)19-9-7-18(8-10-19)13-14-11-15(12-14)20-17(4,5)6/h14-15H,7-13H2,1-6H3. The number of nitrogens with zero attached hydrogens (tertiary/aromatic N) is 2. The second-order valence-corrected chi connectivity index (χ2v) is 8.65. The van der Waals surface area contributed by atoms with Gasteiger partial charge >= 0.3 is 0 Å². The lowest BCUT2D eigenvalue weighted by Crippen LogP contribution is -2.55. The average Bonchev–Trinajstić information content (AvgIpc) is 2.24. The highest BCUT2D eigenvalue weighted by Gasteiger charge is 2.35. The molecule has 3 nitrogen and oxygen atoms in total. The van der Waals surface area contributed by atoms with Gasteiger partial charge in [-0.1, -0.05) is 0 Å². The molecule has 0 aromatic carbocycles.